The second-order valence-electron chi connectivity index (χ2n) is 10.3. The Kier molecular flexibility index (Phi) is 7.93. The van der Waals surface area contributed by atoms with Gasteiger partial charge in [-0.1, -0.05) is 47.4 Å². The van der Waals surface area contributed by atoms with Gasteiger partial charge in [-0.15, -0.1) is 0 Å². The SMILES string of the molecule is COc1ccccc1C1c2sc(=O)n(CC(=O)Nc3cccc(C(F)(F)F)c3)c2SC2C(=O)N(c3ccc([N+](=O)[O-])cc3)C(=O)C21. The summed E-state index contributed by atoms with van der Waals surface area (Å²) in [7, 11) is 1.44. The van der Waals surface area contributed by atoms with Crippen molar-refractivity contribution in [2.24, 2.45) is 5.92 Å². The maximum Gasteiger partial charge on any atom is 0.416 e. The first-order valence-corrected chi connectivity index (χ1v) is 15.2. The summed E-state index contributed by atoms with van der Waals surface area (Å²) >= 11 is 1.74. The van der Waals surface area contributed by atoms with Crippen LogP contribution in [0.1, 0.15) is 21.9 Å². The summed E-state index contributed by atoms with van der Waals surface area (Å²) < 4.78 is 46.3. The van der Waals surface area contributed by atoms with Gasteiger partial charge in [-0.25, -0.2) is 4.90 Å². The number of nitro groups is 1. The highest BCUT2D eigenvalue weighted by atomic mass is 32.2. The number of imide groups is 1. The molecule has 0 radical (unpaired) electrons. The van der Waals surface area contributed by atoms with E-state index < -0.39 is 62.9 Å². The molecule has 1 aromatic heterocycles. The minimum atomic E-state index is -4.63. The summed E-state index contributed by atoms with van der Waals surface area (Å²) in [6.07, 6.45) is -4.63. The second kappa shape index (κ2) is 11.8. The van der Waals surface area contributed by atoms with Gasteiger partial charge in [-0.2, -0.15) is 13.2 Å². The summed E-state index contributed by atoms with van der Waals surface area (Å²) in [4.78, 5) is 65.6. The van der Waals surface area contributed by atoms with E-state index in [9.17, 15) is 42.5 Å². The largest absolute Gasteiger partial charge is 0.496 e. The molecule has 3 amide bonds. The number of alkyl halides is 3. The van der Waals surface area contributed by atoms with Gasteiger partial charge in [0.15, 0.2) is 0 Å². The average Bonchev–Trinajstić information content (AvgIpc) is 3.46. The molecule has 1 fully saturated rings. The number of nitrogens with zero attached hydrogens (tertiary/aromatic N) is 3. The molecule has 16 heteroatoms. The molecule has 2 aliphatic rings. The quantitative estimate of drug-likeness (QED) is 0.159. The van der Waals surface area contributed by atoms with Crippen LogP contribution in [0.5, 0.6) is 5.75 Å². The molecule has 2 aliphatic heterocycles. The van der Waals surface area contributed by atoms with E-state index in [-0.39, 0.29) is 22.1 Å². The lowest BCUT2D eigenvalue weighted by molar-refractivity contribution is -0.384. The predicted molar refractivity (Wildman–Crippen MR) is 162 cm³/mol. The van der Waals surface area contributed by atoms with Gasteiger partial charge in [-0.05, 0) is 36.4 Å². The minimum Gasteiger partial charge on any atom is -0.496 e. The number of ether oxygens (including phenoxy) is 1. The number of nitro benzene ring substituents is 1. The number of carbonyl (C=O) groups is 3. The molecule has 11 nitrogen and oxygen atoms in total. The summed E-state index contributed by atoms with van der Waals surface area (Å²) in [5, 5.41) is 12.8. The predicted octanol–water partition coefficient (Wildman–Crippen LogP) is 5.28. The molecule has 0 bridgehead atoms. The molecular weight excluding hydrogens is 649 g/mol. The number of thioether (sulfide) groups is 1. The number of amides is 3. The molecule has 0 saturated carbocycles. The number of non-ortho nitro benzene ring substituents is 1. The van der Waals surface area contributed by atoms with Crippen molar-refractivity contribution in [1.82, 2.24) is 4.57 Å². The standard InChI is InChI=1S/C30H21F3N4O7S2/c1-44-20-8-3-2-7-19(20)22-23-24(27(40)36(26(23)39)17-9-11-18(12-10-17)37(42)43)45-28-25(22)46-29(41)35(28)14-21(38)34-16-6-4-5-15(13-16)30(31,32)33/h2-13,22-24H,14H2,1H3,(H,34,38). The number of nitrogens with one attached hydrogen (secondary N) is 1. The van der Waals surface area contributed by atoms with Crippen molar-refractivity contribution in [3.63, 3.8) is 0 Å². The van der Waals surface area contributed by atoms with Crippen LogP contribution in [0, 0.1) is 16.0 Å². The van der Waals surface area contributed by atoms with E-state index in [0.29, 0.717) is 16.2 Å². The van der Waals surface area contributed by atoms with Crippen molar-refractivity contribution in [3.05, 3.63) is 109 Å². The Hall–Kier alpha value is -4.96. The first-order chi connectivity index (χ1) is 21.9. The van der Waals surface area contributed by atoms with E-state index in [1.807, 2.05) is 0 Å². The van der Waals surface area contributed by atoms with Crippen molar-refractivity contribution < 1.29 is 37.2 Å². The molecule has 4 aromatic rings. The number of para-hydroxylation sites is 1. The smallest absolute Gasteiger partial charge is 0.416 e. The topological polar surface area (TPSA) is 141 Å². The van der Waals surface area contributed by atoms with Crippen molar-refractivity contribution in [3.8, 4) is 5.75 Å². The Labute approximate surface area is 265 Å². The van der Waals surface area contributed by atoms with Crippen molar-refractivity contribution in [2.45, 2.75) is 28.9 Å². The third kappa shape index (κ3) is 5.43. The average molecular weight is 671 g/mol. The fraction of sp³-hybridized carbons (Fsp3) is 0.200. The fourth-order valence-electron chi connectivity index (χ4n) is 5.61. The van der Waals surface area contributed by atoms with Gasteiger partial charge in [0.1, 0.15) is 17.5 Å². The van der Waals surface area contributed by atoms with Gasteiger partial charge in [-0.3, -0.25) is 33.9 Å². The molecule has 3 aromatic carbocycles. The van der Waals surface area contributed by atoms with Crippen LogP contribution in [0.15, 0.2) is 82.6 Å². The van der Waals surface area contributed by atoms with E-state index in [0.717, 1.165) is 50.8 Å². The van der Waals surface area contributed by atoms with Crippen LogP contribution in [-0.4, -0.2) is 39.6 Å². The Morgan fingerprint density at radius 3 is 2.41 bits per heavy atom. The number of anilines is 2. The van der Waals surface area contributed by atoms with Crippen LogP contribution in [-0.2, 0) is 27.1 Å². The van der Waals surface area contributed by atoms with E-state index in [4.69, 9.17) is 4.74 Å². The van der Waals surface area contributed by atoms with Gasteiger partial charge >= 0.3 is 11.0 Å². The molecule has 3 atom stereocenters. The van der Waals surface area contributed by atoms with Gasteiger partial charge in [0.25, 0.3) is 5.69 Å². The Morgan fingerprint density at radius 2 is 1.74 bits per heavy atom. The molecule has 3 unspecified atom stereocenters. The van der Waals surface area contributed by atoms with Crippen LogP contribution < -0.4 is 19.8 Å². The first kappa shape index (κ1) is 31.0. The first-order valence-electron chi connectivity index (χ1n) is 13.5. The van der Waals surface area contributed by atoms with Crippen molar-refractivity contribution in [2.75, 3.05) is 17.3 Å². The van der Waals surface area contributed by atoms with E-state index >= 15 is 0 Å². The zero-order valence-electron chi connectivity index (χ0n) is 23.5. The Balaban J connectivity index is 1.39. The Morgan fingerprint density at radius 1 is 1.02 bits per heavy atom. The number of carbonyl (C=O) groups excluding carboxylic acids is 3. The lowest BCUT2D eigenvalue weighted by Crippen LogP contribution is -2.33. The maximum atomic E-state index is 14.0. The number of hydrogen-bond donors (Lipinski definition) is 1. The maximum absolute atomic E-state index is 14.0. The van der Waals surface area contributed by atoms with Crippen LogP contribution in [0.4, 0.5) is 30.2 Å². The van der Waals surface area contributed by atoms with Crippen LogP contribution in [0.3, 0.4) is 0 Å². The highest BCUT2D eigenvalue weighted by Crippen LogP contribution is 2.55. The number of halogens is 3. The molecule has 3 heterocycles. The van der Waals surface area contributed by atoms with Crippen LogP contribution in [0.25, 0.3) is 0 Å². The number of thiazole rings is 1. The number of rotatable bonds is 7. The minimum absolute atomic E-state index is 0.119. The molecular formula is C30H21F3N4O7S2. The number of aromatic nitrogens is 1. The normalized spacial score (nSPS) is 19.0. The molecule has 6 rings (SSSR count). The van der Waals surface area contributed by atoms with E-state index in [1.54, 1.807) is 24.3 Å². The van der Waals surface area contributed by atoms with Gasteiger partial charge < -0.3 is 10.1 Å². The highest BCUT2D eigenvalue weighted by Gasteiger charge is 2.57. The fourth-order valence-corrected chi connectivity index (χ4v) is 8.37. The second-order valence-corrected chi connectivity index (χ2v) is 12.4. The number of hydrogen-bond acceptors (Lipinski definition) is 9. The van der Waals surface area contributed by atoms with Crippen LogP contribution >= 0.6 is 23.1 Å². The van der Waals surface area contributed by atoms with E-state index in [1.165, 1.54) is 37.4 Å². The zero-order chi connectivity index (χ0) is 32.9. The van der Waals surface area contributed by atoms with Gasteiger partial charge in [0.2, 0.25) is 17.7 Å². The molecule has 0 spiro atoms. The van der Waals surface area contributed by atoms with Gasteiger partial charge in [0, 0.05) is 34.2 Å². The molecule has 236 valence electrons. The molecule has 46 heavy (non-hydrogen) atoms. The molecule has 1 N–H and O–H groups in total. The third-order valence-corrected chi connectivity index (χ3v) is 10.2. The Bertz CT molecular complexity index is 1960. The highest BCUT2D eigenvalue weighted by molar-refractivity contribution is 8.00. The summed E-state index contributed by atoms with van der Waals surface area (Å²) in [6, 6.07) is 15.8. The number of benzene rings is 3. The summed E-state index contributed by atoms with van der Waals surface area (Å²) in [6.45, 7) is -0.571. The molecule has 0 aliphatic carbocycles. The summed E-state index contributed by atoms with van der Waals surface area (Å²) in [5.74, 6) is -3.41. The van der Waals surface area contributed by atoms with Gasteiger partial charge in [0.05, 0.1) is 34.2 Å². The number of methoxy groups -OCH3 is 1. The van der Waals surface area contributed by atoms with Crippen molar-refractivity contribution in [1.29, 1.82) is 0 Å². The monoisotopic (exact) mass is 670 g/mol. The lowest BCUT2D eigenvalue weighted by atomic mass is 9.82. The van der Waals surface area contributed by atoms with Crippen molar-refractivity contribution >= 4 is 57.9 Å². The molecule has 1 saturated heterocycles. The zero-order valence-corrected chi connectivity index (χ0v) is 25.2. The lowest BCUT2D eigenvalue weighted by Gasteiger charge is -2.31. The van der Waals surface area contributed by atoms with Crippen LogP contribution in [0.2, 0.25) is 0 Å². The summed E-state index contributed by atoms with van der Waals surface area (Å²) in [5.41, 5.74) is -0.646. The van der Waals surface area contributed by atoms with E-state index in [2.05, 4.69) is 5.32 Å². The third-order valence-electron chi connectivity index (χ3n) is 7.62. The number of fused-ring (bicyclic) bond motifs is 2.